The van der Waals surface area contributed by atoms with Crippen LogP contribution in [0.5, 0.6) is 0 Å². The Morgan fingerprint density at radius 3 is 2.11 bits per heavy atom. The summed E-state index contributed by atoms with van der Waals surface area (Å²) in [6.45, 7) is -3.17. The number of hydrogen-bond donors (Lipinski definition) is 1. The topological polar surface area (TPSA) is 63.6 Å². The SMILES string of the molecule is O=S(=O)(O)COC(F)F. The standard InChI is InChI=1S/C2H4F2O4S/c3-2(4)8-1-9(5,6)7/h2H,1H2,(H,5,6,7). The van der Waals surface area contributed by atoms with Crippen molar-refractivity contribution in [1.29, 1.82) is 0 Å². The molecule has 0 bridgehead atoms. The third-order valence-corrected chi connectivity index (χ3v) is 0.777. The molecule has 0 heterocycles. The minimum Gasteiger partial charge on any atom is -0.304 e. The first-order valence-corrected chi connectivity index (χ1v) is 3.37. The van der Waals surface area contributed by atoms with Gasteiger partial charge in [0.15, 0.2) is 5.94 Å². The Labute approximate surface area is 50.2 Å². The zero-order valence-electron chi connectivity index (χ0n) is 4.12. The first-order chi connectivity index (χ1) is 3.92. The van der Waals surface area contributed by atoms with Crippen LogP contribution in [-0.2, 0) is 14.9 Å². The number of rotatable bonds is 3. The maximum Gasteiger partial charge on any atom is 0.346 e. The zero-order chi connectivity index (χ0) is 7.49. The average Bonchev–Trinajstić information content (AvgIpc) is 1.59. The molecule has 56 valence electrons. The average molecular weight is 162 g/mol. The number of halogens is 2. The van der Waals surface area contributed by atoms with Gasteiger partial charge in [0.25, 0.3) is 10.1 Å². The van der Waals surface area contributed by atoms with Crippen LogP contribution in [0.25, 0.3) is 0 Å². The van der Waals surface area contributed by atoms with Crippen molar-refractivity contribution in [2.45, 2.75) is 6.61 Å². The third kappa shape index (κ3) is 7.73. The molecule has 0 aliphatic heterocycles. The highest BCUT2D eigenvalue weighted by Gasteiger charge is 2.09. The van der Waals surface area contributed by atoms with Gasteiger partial charge in [0.05, 0.1) is 0 Å². The van der Waals surface area contributed by atoms with E-state index < -0.39 is 22.7 Å². The molecule has 0 atom stereocenters. The van der Waals surface area contributed by atoms with Crippen LogP contribution in [-0.4, -0.2) is 25.5 Å². The summed E-state index contributed by atoms with van der Waals surface area (Å²) in [6.07, 6.45) is 0. The van der Waals surface area contributed by atoms with Crippen LogP contribution >= 0.6 is 0 Å². The Kier molecular flexibility index (Phi) is 2.95. The van der Waals surface area contributed by atoms with Crippen LogP contribution in [0.15, 0.2) is 0 Å². The summed E-state index contributed by atoms with van der Waals surface area (Å²) in [4.78, 5) is 0. The Morgan fingerprint density at radius 2 is 2.00 bits per heavy atom. The van der Waals surface area contributed by atoms with Gasteiger partial charge in [-0.2, -0.15) is 17.2 Å². The lowest BCUT2D eigenvalue weighted by Gasteiger charge is -1.96. The van der Waals surface area contributed by atoms with Gasteiger partial charge in [-0.15, -0.1) is 0 Å². The fraction of sp³-hybridized carbons (Fsp3) is 1.00. The summed E-state index contributed by atoms with van der Waals surface area (Å²) in [6, 6.07) is 0. The van der Waals surface area contributed by atoms with E-state index in [1.807, 2.05) is 0 Å². The molecule has 0 aliphatic rings. The van der Waals surface area contributed by atoms with E-state index in [1.165, 1.54) is 0 Å². The molecule has 7 heteroatoms. The Balaban J connectivity index is 3.53. The van der Waals surface area contributed by atoms with E-state index in [0.29, 0.717) is 0 Å². The van der Waals surface area contributed by atoms with Gasteiger partial charge in [0, 0.05) is 0 Å². The van der Waals surface area contributed by atoms with Crippen molar-refractivity contribution in [3.8, 4) is 0 Å². The fourth-order valence-electron chi connectivity index (χ4n) is 0.137. The maximum atomic E-state index is 11.0. The highest BCUT2D eigenvalue weighted by Crippen LogP contribution is 1.95. The molecule has 0 radical (unpaired) electrons. The van der Waals surface area contributed by atoms with Gasteiger partial charge in [-0.05, 0) is 0 Å². The van der Waals surface area contributed by atoms with Crippen LogP contribution in [0.3, 0.4) is 0 Å². The molecule has 0 aliphatic carbocycles. The molecule has 0 spiro atoms. The summed E-state index contributed by atoms with van der Waals surface area (Å²) in [5.74, 6) is -1.37. The van der Waals surface area contributed by atoms with Crippen molar-refractivity contribution >= 4 is 10.1 Å². The van der Waals surface area contributed by atoms with Crippen LogP contribution in [0.2, 0.25) is 0 Å². The molecule has 0 aromatic carbocycles. The summed E-state index contributed by atoms with van der Waals surface area (Å²) in [5.41, 5.74) is 0. The number of ether oxygens (including phenoxy) is 1. The lowest BCUT2D eigenvalue weighted by Crippen LogP contribution is -2.10. The van der Waals surface area contributed by atoms with Gasteiger partial charge >= 0.3 is 6.61 Å². The van der Waals surface area contributed by atoms with E-state index in [2.05, 4.69) is 4.74 Å². The van der Waals surface area contributed by atoms with Crippen LogP contribution in [0, 0.1) is 0 Å². The van der Waals surface area contributed by atoms with E-state index in [4.69, 9.17) is 4.55 Å². The second-order valence-corrected chi connectivity index (χ2v) is 2.53. The van der Waals surface area contributed by atoms with E-state index in [-0.39, 0.29) is 0 Å². The minimum atomic E-state index is -4.42. The van der Waals surface area contributed by atoms with Crippen molar-refractivity contribution in [2.24, 2.45) is 0 Å². The van der Waals surface area contributed by atoms with Crippen molar-refractivity contribution in [3.05, 3.63) is 0 Å². The van der Waals surface area contributed by atoms with E-state index >= 15 is 0 Å². The molecule has 4 nitrogen and oxygen atoms in total. The molecule has 0 amide bonds. The van der Waals surface area contributed by atoms with Crippen LogP contribution in [0.4, 0.5) is 8.78 Å². The first-order valence-electron chi connectivity index (χ1n) is 1.77. The largest absolute Gasteiger partial charge is 0.346 e. The Bertz CT molecular complexity index is 161. The van der Waals surface area contributed by atoms with Gasteiger partial charge in [0.2, 0.25) is 0 Å². The minimum absolute atomic E-state index is 1.37. The van der Waals surface area contributed by atoms with E-state index in [1.54, 1.807) is 0 Å². The maximum absolute atomic E-state index is 11.0. The van der Waals surface area contributed by atoms with Gasteiger partial charge in [-0.1, -0.05) is 0 Å². The highest BCUT2D eigenvalue weighted by molar-refractivity contribution is 7.85. The quantitative estimate of drug-likeness (QED) is 0.596. The highest BCUT2D eigenvalue weighted by atomic mass is 32.2. The van der Waals surface area contributed by atoms with Crippen molar-refractivity contribution in [3.63, 3.8) is 0 Å². The molecule has 9 heavy (non-hydrogen) atoms. The van der Waals surface area contributed by atoms with Crippen molar-refractivity contribution in [2.75, 3.05) is 5.94 Å². The molecule has 0 saturated carbocycles. The second kappa shape index (κ2) is 3.04. The molecule has 0 unspecified atom stereocenters. The van der Waals surface area contributed by atoms with Gasteiger partial charge in [0.1, 0.15) is 0 Å². The van der Waals surface area contributed by atoms with Crippen molar-refractivity contribution in [1.82, 2.24) is 0 Å². The molecule has 0 aromatic rings. The Hall–Kier alpha value is -0.270. The molecular weight excluding hydrogens is 158 g/mol. The predicted octanol–water partition coefficient (Wildman–Crippen LogP) is 0.0709. The summed E-state index contributed by atoms with van der Waals surface area (Å²) < 4.78 is 52.2. The monoisotopic (exact) mass is 162 g/mol. The van der Waals surface area contributed by atoms with Crippen molar-refractivity contribution < 1.29 is 26.5 Å². The van der Waals surface area contributed by atoms with E-state index in [0.717, 1.165) is 0 Å². The lowest BCUT2D eigenvalue weighted by atomic mass is 11.4. The summed E-state index contributed by atoms with van der Waals surface area (Å²) in [7, 11) is -4.42. The Morgan fingerprint density at radius 1 is 1.56 bits per heavy atom. The normalized spacial score (nSPS) is 12.4. The summed E-state index contributed by atoms with van der Waals surface area (Å²) >= 11 is 0. The summed E-state index contributed by atoms with van der Waals surface area (Å²) in [5, 5.41) is 0. The zero-order valence-corrected chi connectivity index (χ0v) is 4.94. The number of hydrogen-bond acceptors (Lipinski definition) is 3. The van der Waals surface area contributed by atoms with Crippen LogP contribution < -0.4 is 0 Å². The second-order valence-electron chi connectivity index (χ2n) is 1.13. The predicted molar refractivity (Wildman–Crippen MR) is 23.5 cm³/mol. The molecule has 0 fully saturated rings. The molecule has 0 aromatic heterocycles. The van der Waals surface area contributed by atoms with Gasteiger partial charge in [-0.25, -0.2) is 0 Å². The molecule has 1 N–H and O–H groups in total. The molecule has 0 rings (SSSR count). The first kappa shape index (κ1) is 8.73. The van der Waals surface area contributed by atoms with Crippen LogP contribution in [0.1, 0.15) is 0 Å². The smallest absolute Gasteiger partial charge is 0.304 e. The van der Waals surface area contributed by atoms with Gasteiger partial charge in [-0.3, -0.25) is 4.55 Å². The lowest BCUT2D eigenvalue weighted by molar-refractivity contribution is -0.114. The third-order valence-electron chi connectivity index (χ3n) is 0.343. The van der Waals surface area contributed by atoms with Gasteiger partial charge < -0.3 is 4.74 Å². The number of alkyl halides is 2. The fourth-order valence-corrected chi connectivity index (χ4v) is 0.412. The molecular formula is C2H4F2O4S. The molecule has 0 saturated heterocycles. The van der Waals surface area contributed by atoms with E-state index in [9.17, 15) is 17.2 Å².